The summed E-state index contributed by atoms with van der Waals surface area (Å²) in [6.07, 6.45) is 7.58. The van der Waals surface area contributed by atoms with Gasteiger partial charge in [0, 0.05) is 59.4 Å². The minimum atomic E-state index is -0.693. The largest absolute Gasteiger partial charge is 0.423 e. The molecule has 0 unspecified atom stereocenters. The van der Waals surface area contributed by atoms with Crippen LogP contribution in [0.4, 0.5) is 0 Å². The predicted molar refractivity (Wildman–Crippen MR) is 279 cm³/mol. The summed E-state index contributed by atoms with van der Waals surface area (Å²) in [5.41, 5.74) is 9.64. The number of carbonyl (C=O) groups excluding carboxylic acids is 2. The zero-order valence-corrected chi connectivity index (χ0v) is 38.6. The number of fused-ring (bicyclic) bond motifs is 2. The van der Waals surface area contributed by atoms with Gasteiger partial charge in [-0.05, 0) is 93.7 Å². The zero-order chi connectivity index (χ0) is 47.6. The summed E-state index contributed by atoms with van der Waals surface area (Å²) >= 11 is 0. The summed E-state index contributed by atoms with van der Waals surface area (Å²) in [7, 11) is 0. The van der Waals surface area contributed by atoms with Crippen LogP contribution in [-0.4, -0.2) is 35.0 Å². The molecular formula is C62H52N4O4. The first-order valence-electron chi connectivity index (χ1n) is 23.6. The summed E-state index contributed by atoms with van der Waals surface area (Å²) in [4.78, 5) is 32.9. The van der Waals surface area contributed by atoms with E-state index in [1.54, 1.807) is 12.1 Å². The fourth-order valence-electron chi connectivity index (χ4n) is 9.80. The molecule has 0 saturated carbocycles. The summed E-state index contributed by atoms with van der Waals surface area (Å²) < 4.78 is 11.4. The van der Waals surface area contributed by atoms with Crippen LogP contribution < -0.4 is 20.1 Å². The quantitative estimate of drug-likeness (QED) is 0.0296. The lowest BCUT2D eigenvalue weighted by atomic mass is 9.77. The molecule has 8 nitrogen and oxygen atoms in total. The van der Waals surface area contributed by atoms with Gasteiger partial charge in [0.25, 0.3) is 0 Å². The monoisotopic (exact) mass is 916 g/mol. The average Bonchev–Trinajstić information content (AvgIpc) is 4.02. The highest BCUT2D eigenvalue weighted by Crippen LogP contribution is 2.39. The molecule has 0 bridgehead atoms. The molecule has 0 aliphatic heterocycles. The topological polar surface area (TPSA) is 108 Å². The van der Waals surface area contributed by atoms with E-state index >= 15 is 0 Å². The van der Waals surface area contributed by atoms with Gasteiger partial charge in [0.2, 0.25) is 0 Å². The first kappa shape index (κ1) is 45.2. The predicted octanol–water partition coefficient (Wildman–Crippen LogP) is 12.0. The number of esters is 2. The first-order chi connectivity index (χ1) is 34.5. The number of H-pyrrole nitrogens is 2. The van der Waals surface area contributed by atoms with Crippen molar-refractivity contribution in [1.82, 2.24) is 20.6 Å². The van der Waals surface area contributed by atoms with Crippen LogP contribution in [0.3, 0.4) is 0 Å². The number of carbonyl (C=O) groups is 2. The van der Waals surface area contributed by atoms with E-state index in [2.05, 4.69) is 166 Å². The van der Waals surface area contributed by atoms with Crippen LogP contribution in [0.2, 0.25) is 0 Å². The molecule has 0 saturated heterocycles. The van der Waals surface area contributed by atoms with Crippen LogP contribution in [0.1, 0.15) is 44.5 Å². The fraction of sp³-hybridized carbons (Fsp3) is 0.0968. The Morgan fingerprint density at radius 3 is 0.971 bits per heavy atom. The minimum Gasteiger partial charge on any atom is -0.423 e. The number of hydrogen-bond donors (Lipinski definition) is 4. The Morgan fingerprint density at radius 2 is 0.686 bits per heavy atom. The molecule has 0 atom stereocenters. The lowest BCUT2D eigenvalue weighted by Crippen LogP contribution is -2.45. The van der Waals surface area contributed by atoms with Crippen LogP contribution in [0, 0.1) is 0 Å². The number of aromatic nitrogens is 2. The minimum absolute atomic E-state index is 0.366. The Morgan fingerprint density at radius 1 is 0.400 bits per heavy atom. The van der Waals surface area contributed by atoms with Crippen molar-refractivity contribution in [3.05, 3.63) is 287 Å². The fourth-order valence-corrected chi connectivity index (χ4v) is 9.80. The molecule has 2 heterocycles. The summed E-state index contributed by atoms with van der Waals surface area (Å²) in [6, 6.07) is 74.1. The normalized spacial score (nSPS) is 11.8. The molecule has 0 fully saturated rings. The molecule has 0 spiro atoms. The number of benzene rings is 8. The Labute approximate surface area is 407 Å². The number of hydrogen-bond acceptors (Lipinski definition) is 6. The Hall–Kier alpha value is -8.56. The van der Waals surface area contributed by atoms with Crippen molar-refractivity contribution in [2.45, 2.75) is 23.9 Å². The van der Waals surface area contributed by atoms with E-state index in [-0.39, 0.29) is 0 Å². The van der Waals surface area contributed by atoms with Gasteiger partial charge in [-0.3, -0.25) is 10.6 Å². The van der Waals surface area contributed by atoms with Gasteiger partial charge in [0.15, 0.2) is 0 Å². The van der Waals surface area contributed by atoms with Crippen molar-refractivity contribution in [1.29, 1.82) is 0 Å². The van der Waals surface area contributed by atoms with Gasteiger partial charge in [0.05, 0.1) is 11.1 Å². The maximum atomic E-state index is 13.1. The van der Waals surface area contributed by atoms with E-state index in [0.29, 0.717) is 37.4 Å². The highest BCUT2D eigenvalue weighted by Gasteiger charge is 2.37. The number of rotatable bonds is 18. The number of aromatic amines is 2. The molecule has 344 valence electrons. The third-order valence-corrected chi connectivity index (χ3v) is 13.1. The van der Waals surface area contributed by atoms with Gasteiger partial charge in [-0.2, -0.15) is 0 Å². The van der Waals surface area contributed by atoms with E-state index in [4.69, 9.17) is 9.47 Å². The first-order valence-corrected chi connectivity index (χ1v) is 23.6. The van der Waals surface area contributed by atoms with Crippen molar-refractivity contribution in [3.63, 3.8) is 0 Å². The van der Waals surface area contributed by atoms with Gasteiger partial charge in [-0.25, -0.2) is 9.59 Å². The van der Waals surface area contributed by atoms with Crippen molar-refractivity contribution < 1.29 is 19.1 Å². The van der Waals surface area contributed by atoms with E-state index in [9.17, 15) is 9.59 Å². The highest BCUT2D eigenvalue weighted by atomic mass is 16.5. The molecule has 10 rings (SSSR count). The molecule has 10 aromatic rings. The second kappa shape index (κ2) is 20.8. The number of nitrogens with one attached hydrogen (secondary N) is 4. The summed E-state index contributed by atoms with van der Waals surface area (Å²) in [6.45, 7) is 1.30. The van der Waals surface area contributed by atoms with E-state index in [1.165, 1.54) is 0 Å². The van der Waals surface area contributed by atoms with Gasteiger partial charge < -0.3 is 19.4 Å². The van der Waals surface area contributed by atoms with Crippen molar-refractivity contribution in [2.24, 2.45) is 0 Å². The van der Waals surface area contributed by atoms with Crippen molar-refractivity contribution in [3.8, 4) is 11.5 Å². The third kappa shape index (κ3) is 9.47. The van der Waals surface area contributed by atoms with Crippen LogP contribution in [-0.2, 0) is 33.5 Å². The second-order valence-corrected chi connectivity index (χ2v) is 17.3. The standard InChI is InChI=1S/C62H52N4O4/c67-59(69-53-31-33-57-55(41-53)45(43-63-57)37-39-65-61(47-19-7-1-8-20-47,48-21-9-2-10-22-48)49-23-11-3-12-24-49)35-36-60(68)70-54-32-34-58-56(42-54)46(44-64-58)38-40-66-62(50-25-13-4-14-26-50,51-27-15-5-16-28-51)52-29-17-6-18-30-52/h1-36,41-44,63-66H,37-40H2/b36-35+. The molecule has 0 radical (unpaired) electrons. The highest BCUT2D eigenvalue weighted by molar-refractivity contribution is 5.94. The molecule has 2 aromatic heterocycles. The smallest absolute Gasteiger partial charge is 0.336 e. The van der Waals surface area contributed by atoms with Gasteiger partial charge >= 0.3 is 11.9 Å². The van der Waals surface area contributed by atoms with Crippen LogP contribution in [0.25, 0.3) is 21.8 Å². The van der Waals surface area contributed by atoms with Gasteiger partial charge in [0.1, 0.15) is 11.5 Å². The Kier molecular flexibility index (Phi) is 13.4. The molecule has 8 heteroatoms. The molecule has 0 aliphatic carbocycles. The number of ether oxygens (including phenoxy) is 2. The van der Waals surface area contributed by atoms with Crippen molar-refractivity contribution >= 4 is 33.7 Å². The molecular weight excluding hydrogens is 865 g/mol. The Bertz CT molecular complexity index is 2930. The van der Waals surface area contributed by atoms with E-state index < -0.39 is 23.0 Å². The maximum absolute atomic E-state index is 13.1. The van der Waals surface area contributed by atoms with Gasteiger partial charge in [-0.15, -0.1) is 0 Å². The molecule has 70 heavy (non-hydrogen) atoms. The van der Waals surface area contributed by atoms with E-state index in [1.807, 2.05) is 73.1 Å². The lowest BCUT2D eigenvalue weighted by Gasteiger charge is -2.37. The van der Waals surface area contributed by atoms with Crippen LogP contribution in [0.15, 0.2) is 243 Å². The Balaban J connectivity index is 0.793. The molecule has 4 N–H and O–H groups in total. The van der Waals surface area contributed by atoms with E-state index in [0.717, 1.165) is 78.5 Å². The van der Waals surface area contributed by atoms with Crippen LogP contribution >= 0.6 is 0 Å². The zero-order valence-electron chi connectivity index (χ0n) is 38.6. The summed E-state index contributed by atoms with van der Waals surface area (Å²) in [5, 5.41) is 9.80. The lowest BCUT2D eigenvalue weighted by molar-refractivity contribution is -0.131. The molecule has 0 aliphatic rings. The maximum Gasteiger partial charge on any atom is 0.336 e. The molecule has 8 aromatic carbocycles. The molecule has 0 amide bonds. The van der Waals surface area contributed by atoms with Crippen molar-refractivity contribution in [2.75, 3.05) is 13.1 Å². The summed E-state index contributed by atoms with van der Waals surface area (Å²) in [5.74, 6) is -0.654. The second-order valence-electron chi connectivity index (χ2n) is 17.3. The third-order valence-electron chi connectivity index (χ3n) is 13.1. The van der Waals surface area contributed by atoms with Gasteiger partial charge in [-0.1, -0.05) is 182 Å². The SMILES string of the molecule is O=C(/C=C/C(=O)Oc1ccc2[nH]cc(CCNC(c3ccccc3)(c3ccccc3)c3ccccc3)c2c1)Oc1ccc2[nH]cc(CCNC(c3ccccc3)(c3ccccc3)c3ccccc3)c2c1. The average molecular weight is 917 g/mol. The van der Waals surface area contributed by atoms with Crippen LogP contribution in [0.5, 0.6) is 11.5 Å².